The molecule has 2 saturated heterocycles. The Hall–Kier alpha value is -0.570. The molecule has 7 unspecified atom stereocenters. The molecule has 0 radical (unpaired) electrons. The number of hydrogen-bond donors (Lipinski definition) is 0. The number of ether oxygens (including phenoxy) is 2. The van der Waals surface area contributed by atoms with Crippen LogP contribution < -0.4 is 0 Å². The van der Waals surface area contributed by atoms with E-state index in [1.807, 2.05) is 20.8 Å². The second-order valence-electron chi connectivity index (χ2n) is 8.24. The van der Waals surface area contributed by atoms with Crippen molar-refractivity contribution in [3.8, 4) is 0 Å². The van der Waals surface area contributed by atoms with Crippen molar-refractivity contribution in [3.05, 3.63) is 0 Å². The van der Waals surface area contributed by atoms with Gasteiger partial charge in [0, 0.05) is 0 Å². The zero-order chi connectivity index (χ0) is 15.4. The summed E-state index contributed by atoms with van der Waals surface area (Å²) in [5.74, 6) is 2.76. The topological polar surface area (TPSA) is 35.5 Å². The number of carbonyl (C=O) groups is 1. The molecule has 21 heavy (non-hydrogen) atoms. The minimum absolute atomic E-state index is 0.0277. The van der Waals surface area contributed by atoms with E-state index in [0.29, 0.717) is 17.9 Å². The minimum Gasteiger partial charge on any atom is -0.460 e. The van der Waals surface area contributed by atoms with E-state index in [1.165, 1.54) is 19.3 Å². The third-order valence-electron chi connectivity index (χ3n) is 5.92. The number of carbonyl (C=O) groups excluding carboxylic acids is 1. The van der Waals surface area contributed by atoms with E-state index in [4.69, 9.17) is 9.47 Å². The standard InChI is InChI=1S/C18H30O3/c1-6-10-8-11(7-2)15-14(10)13-9-12(16(15)20-13)17(19)21-18(3,4)5/h10-16H,6-9H2,1-5H3. The van der Waals surface area contributed by atoms with Gasteiger partial charge in [-0.3, -0.25) is 4.79 Å². The Morgan fingerprint density at radius 1 is 1.10 bits per heavy atom. The summed E-state index contributed by atoms with van der Waals surface area (Å²) in [5.41, 5.74) is -0.399. The van der Waals surface area contributed by atoms with Crippen LogP contribution in [0.25, 0.3) is 0 Å². The Kier molecular flexibility index (Phi) is 3.84. The predicted octanol–water partition coefficient (Wildman–Crippen LogP) is 3.80. The first kappa shape index (κ1) is 15.3. The molecule has 0 aromatic rings. The molecule has 3 rings (SSSR count). The van der Waals surface area contributed by atoms with Crippen LogP contribution in [0.2, 0.25) is 0 Å². The zero-order valence-corrected chi connectivity index (χ0v) is 14.1. The van der Waals surface area contributed by atoms with Crippen LogP contribution in [0.3, 0.4) is 0 Å². The second-order valence-corrected chi connectivity index (χ2v) is 8.24. The van der Waals surface area contributed by atoms with Gasteiger partial charge in [-0.25, -0.2) is 0 Å². The summed E-state index contributed by atoms with van der Waals surface area (Å²) in [6.45, 7) is 10.4. The molecule has 2 aliphatic heterocycles. The molecule has 3 aliphatic rings. The number of fused-ring (bicyclic) bond motifs is 5. The highest BCUT2D eigenvalue weighted by atomic mass is 16.6. The first-order valence-corrected chi connectivity index (χ1v) is 8.74. The average molecular weight is 294 g/mol. The number of hydrogen-bond acceptors (Lipinski definition) is 3. The van der Waals surface area contributed by atoms with E-state index in [1.54, 1.807) is 0 Å². The lowest BCUT2D eigenvalue weighted by molar-refractivity contribution is -0.162. The van der Waals surface area contributed by atoms with Crippen LogP contribution in [0.1, 0.15) is 60.3 Å². The molecule has 3 nitrogen and oxygen atoms in total. The third-order valence-corrected chi connectivity index (χ3v) is 5.92. The van der Waals surface area contributed by atoms with Crippen molar-refractivity contribution in [1.82, 2.24) is 0 Å². The molecular weight excluding hydrogens is 264 g/mol. The van der Waals surface area contributed by atoms with E-state index in [9.17, 15) is 4.79 Å². The van der Waals surface area contributed by atoms with Crippen LogP contribution in [0.15, 0.2) is 0 Å². The van der Waals surface area contributed by atoms with Gasteiger partial charge in [-0.1, -0.05) is 26.7 Å². The van der Waals surface area contributed by atoms with E-state index in [2.05, 4.69) is 13.8 Å². The van der Waals surface area contributed by atoms with Crippen LogP contribution in [-0.2, 0) is 14.3 Å². The summed E-state index contributed by atoms with van der Waals surface area (Å²) in [6.07, 6.45) is 5.11. The van der Waals surface area contributed by atoms with E-state index >= 15 is 0 Å². The van der Waals surface area contributed by atoms with Crippen LogP contribution >= 0.6 is 0 Å². The van der Waals surface area contributed by atoms with Gasteiger partial charge < -0.3 is 9.47 Å². The Morgan fingerprint density at radius 2 is 1.71 bits per heavy atom. The molecule has 120 valence electrons. The zero-order valence-electron chi connectivity index (χ0n) is 14.1. The molecule has 1 aliphatic carbocycles. The van der Waals surface area contributed by atoms with Crippen molar-refractivity contribution < 1.29 is 14.3 Å². The van der Waals surface area contributed by atoms with Gasteiger partial charge in [0.2, 0.25) is 0 Å². The van der Waals surface area contributed by atoms with Crippen molar-refractivity contribution in [3.63, 3.8) is 0 Å². The first-order valence-electron chi connectivity index (χ1n) is 8.74. The monoisotopic (exact) mass is 294 g/mol. The quantitative estimate of drug-likeness (QED) is 0.743. The van der Waals surface area contributed by atoms with Crippen LogP contribution in [0.5, 0.6) is 0 Å². The van der Waals surface area contributed by atoms with Gasteiger partial charge >= 0.3 is 5.97 Å². The third kappa shape index (κ3) is 2.52. The molecule has 3 fully saturated rings. The Morgan fingerprint density at radius 3 is 2.29 bits per heavy atom. The highest BCUT2D eigenvalue weighted by Crippen LogP contribution is 2.59. The summed E-state index contributed by atoms with van der Waals surface area (Å²) in [7, 11) is 0. The van der Waals surface area contributed by atoms with Gasteiger partial charge in [-0.05, 0) is 57.3 Å². The summed E-state index contributed by atoms with van der Waals surface area (Å²) in [5, 5.41) is 0. The van der Waals surface area contributed by atoms with Gasteiger partial charge in [-0.2, -0.15) is 0 Å². The highest BCUT2D eigenvalue weighted by molar-refractivity contribution is 5.74. The van der Waals surface area contributed by atoms with Gasteiger partial charge in [0.25, 0.3) is 0 Å². The summed E-state index contributed by atoms with van der Waals surface area (Å²) in [6, 6.07) is 0. The highest BCUT2D eigenvalue weighted by Gasteiger charge is 2.62. The van der Waals surface area contributed by atoms with Crippen LogP contribution in [0, 0.1) is 29.6 Å². The molecular formula is C18H30O3. The van der Waals surface area contributed by atoms with Crippen molar-refractivity contribution >= 4 is 5.97 Å². The number of rotatable bonds is 3. The molecule has 0 aromatic carbocycles. The van der Waals surface area contributed by atoms with Gasteiger partial charge in [0.1, 0.15) is 5.60 Å². The van der Waals surface area contributed by atoms with Crippen LogP contribution in [0.4, 0.5) is 0 Å². The fourth-order valence-corrected chi connectivity index (χ4v) is 5.20. The molecule has 2 bridgehead atoms. The SMILES string of the molecule is CCC1CC(CC)C2C3OC(CC3C(=O)OC(C)(C)C)C12. The smallest absolute Gasteiger partial charge is 0.312 e. The Balaban J connectivity index is 1.76. The molecule has 2 heterocycles. The average Bonchev–Trinajstić information content (AvgIpc) is 3.06. The maximum absolute atomic E-state index is 12.5. The summed E-state index contributed by atoms with van der Waals surface area (Å²) >= 11 is 0. The van der Waals surface area contributed by atoms with Crippen molar-refractivity contribution in [2.24, 2.45) is 29.6 Å². The maximum atomic E-state index is 12.5. The lowest BCUT2D eigenvalue weighted by atomic mass is 9.70. The lowest BCUT2D eigenvalue weighted by Gasteiger charge is -2.32. The lowest BCUT2D eigenvalue weighted by Crippen LogP contribution is -2.40. The number of esters is 1. The maximum Gasteiger partial charge on any atom is 0.312 e. The van der Waals surface area contributed by atoms with E-state index in [-0.39, 0.29) is 18.0 Å². The van der Waals surface area contributed by atoms with Gasteiger partial charge in [-0.15, -0.1) is 0 Å². The summed E-state index contributed by atoms with van der Waals surface area (Å²) < 4.78 is 11.9. The molecule has 0 aromatic heterocycles. The van der Waals surface area contributed by atoms with Crippen LogP contribution in [-0.4, -0.2) is 23.8 Å². The van der Waals surface area contributed by atoms with Crippen molar-refractivity contribution in [2.75, 3.05) is 0 Å². The summed E-state index contributed by atoms with van der Waals surface area (Å²) in [4.78, 5) is 12.5. The van der Waals surface area contributed by atoms with E-state index < -0.39 is 5.60 Å². The fraction of sp³-hybridized carbons (Fsp3) is 0.944. The largest absolute Gasteiger partial charge is 0.460 e. The second kappa shape index (κ2) is 5.26. The Bertz CT molecular complexity index is 411. The molecule has 1 saturated carbocycles. The van der Waals surface area contributed by atoms with Gasteiger partial charge in [0.05, 0.1) is 18.1 Å². The van der Waals surface area contributed by atoms with Crippen molar-refractivity contribution in [2.45, 2.75) is 78.1 Å². The van der Waals surface area contributed by atoms with Gasteiger partial charge in [0.15, 0.2) is 0 Å². The predicted molar refractivity (Wildman–Crippen MR) is 81.8 cm³/mol. The molecule has 0 amide bonds. The molecule has 7 atom stereocenters. The fourth-order valence-electron chi connectivity index (χ4n) is 5.20. The molecule has 0 N–H and O–H groups in total. The Labute approximate surface area is 128 Å². The first-order chi connectivity index (χ1) is 9.85. The van der Waals surface area contributed by atoms with E-state index in [0.717, 1.165) is 18.3 Å². The van der Waals surface area contributed by atoms with Crippen molar-refractivity contribution in [1.29, 1.82) is 0 Å². The molecule has 0 spiro atoms. The minimum atomic E-state index is -0.399. The molecule has 3 heteroatoms. The normalized spacial score (nSPS) is 44.9.